The molecule has 1 amide bonds. The van der Waals surface area contributed by atoms with Gasteiger partial charge in [-0.1, -0.05) is 23.4 Å². The third-order valence-electron chi connectivity index (χ3n) is 5.09. The molecular weight excluding hydrogens is 368 g/mol. The number of aromatic nitrogens is 2. The zero-order valence-electron chi connectivity index (χ0n) is 16.0. The smallest absolute Gasteiger partial charge is 0.261 e. The normalized spacial score (nSPS) is 16.3. The van der Waals surface area contributed by atoms with Gasteiger partial charge in [0.15, 0.2) is 5.82 Å². The number of methoxy groups -OCH3 is 1. The summed E-state index contributed by atoms with van der Waals surface area (Å²) in [5.41, 5.74) is 1.74. The van der Waals surface area contributed by atoms with Gasteiger partial charge < -0.3 is 14.2 Å². The summed E-state index contributed by atoms with van der Waals surface area (Å²) in [4.78, 5) is 19.3. The van der Waals surface area contributed by atoms with Crippen LogP contribution in [-0.4, -0.2) is 41.1 Å². The average Bonchev–Trinajstić information content (AvgIpc) is 3.29. The van der Waals surface area contributed by atoms with Crippen LogP contribution in [0.2, 0.25) is 0 Å². The molecule has 1 saturated heterocycles. The molecule has 1 aliphatic heterocycles. The molecule has 3 aromatic rings. The minimum absolute atomic E-state index is 0.000874. The zero-order valence-corrected chi connectivity index (χ0v) is 16.0. The second kappa shape index (κ2) is 8.15. The molecule has 2 heterocycles. The summed E-state index contributed by atoms with van der Waals surface area (Å²) < 4.78 is 10.8. The fraction of sp³-hybridized carbons (Fsp3) is 0.273. The summed E-state index contributed by atoms with van der Waals surface area (Å²) in [6.45, 7) is 1.18. The zero-order chi connectivity index (χ0) is 20.2. The van der Waals surface area contributed by atoms with Crippen molar-refractivity contribution in [2.24, 2.45) is 0 Å². The van der Waals surface area contributed by atoms with Crippen molar-refractivity contribution in [3.05, 3.63) is 65.5 Å². The van der Waals surface area contributed by atoms with E-state index in [1.807, 2.05) is 24.3 Å². The molecule has 1 aliphatic rings. The number of nitriles is 1. The Morgan fingerprint density at radius 1 is 1.28 bits per heavy atom. The molecule has 2 aromatic carbocycles. The highest BCUT2D eigenvalue weighted by Crippen LogP contribution is 2.31. The Bertz CT molecular complexity index is 1070. The van der Waals surface area contributed by atoms with Crippen LogP contribution in [0.3, 0.4) is 0 Å². The second-order valence-corrected chi connectivity index (χ2v) is 6.94. The van der Waals surface area contributed by atoms with Crippen LogP contribution >= 0.6 is 0 Å². The van der Waals surface area contributed by atoms with Crippen molar-refractivity contribution >= 4 is 5.91 Å². The molecule has 1 fully saturated rings. The van der Waals surface area contributed by atoms with Crippen LogP contribution in [0.15, 0.2) is 53.1 Å². The first-order valence-corrected chi connectivity index (χ1v) is 9.46. The van der Waals surface area contributed by atoms with E-state index in [1.165, 1.54) is 0 Å². The summed E-state index contributed by atoms with van der Waals surface area (Å²) in [5, 5.41) is 13.2. The van der Waals surface area contributed by atoms with Gasteiger partial charge >= 0.3 is 0 Å². The van der Waals surface area contributed by atoms with Crippen LogP contribution in [0.1, 0.15) is 40.5 Å². The Kier molecular flexibility index (Phi) is 5.25. The molecule has 0 N–H and O–H groups in total. The third kappa shape index (κ3) is 3.83. The van der Waals surface area contributed by atoms with Gasteiger partial charge in [-0.05, 0) is 43.2 Å². The largest absolute Gasteiger partial charge is 0.496 e. The summed E-state index contributed by atoms with van der Waals surface area (Å²) in [6, 6.07) is 16.3. The lowest BCUT2D eigenvalue weighted by Gasteiger charge is -2.31. The van der Waals surface area contributed by atoms with Crippen LogP contribution in [0.5, 0.6) is 5.75 Å². The number of likely N-dealkylation sites (tertiary alicyclic amines) is 1. The quantitative estimate of drug-likeness (QED) is 0.678. The van der Waals surface area contributed by atoms with E-state index < -0.39 is 0 Å². The standard InChI is InChI=1S/C22H20N4O3/c1-28-19-10-3-2-9-18(19)21-24-20(25-29-21)17-8-5-11-26(14-17)22(27)16-7-4-6-15(12-16)13-23/h2-4,6-7,9-10,12,17H,5,8,11,14H2,1H3/t17-/m0/s1. The Balaban J connectivity index is 1.52. The molecule has 1 aromatic heterocycles. The van der Waals surface area contributed by atoms with E-state index in [4.69, 9.17) is 14.5 Å². The maximum atomic E-state index is 12.9. The first-order valence-electron chi connectivity index (χ1n) is 9.46. The molecule has 1 atom stereocenters. The van der Waals surface area contributed by atoms with Crippen LogP contribution < -0.4 is 4.74 Å². The number of hydrogen-bond donors (Lipinski definition) is 0. The first-order chi connectivity index (χ1) is 14.2. The van der Waals surface area contributed by atoms with E-state index in [9.17, 15) is 4.79 Å². The Morgan fingerprint density at radius 3 is 2.97 bits per heavy atom. The highest BCUT2D eigenvalue weighted by molar-refractivity contribution is 5.94. The van der Waals surface area contributed by atoms with Crippen LogP contribution in [0.4, 0.5) is 0 Å². The first kappa shape index (κ1) is 18.7. The van der Waals surface area contributed by atoms with Crippen LogP contribution in [-0.2, 0) is 0 Å². The van der Waals surface area contributed by atoms with Crippen LogP contribution in [0.25, 0.3) is 11.5 Å². The van der Waals surface area contributed by atoms with Gasteiger partial charge in [-0.25, -0.2) is 0 Å². The molecule has 0 radical (unpaired) electrons. The Morgan fingerprint density at radius 2 is 2.14 bits per heavy atom. The number of hydrogen-bond acceptors (Lipinski definition) is 6. The lowest BCUT2D eigenvalue weighted by atomic mass is 9.96. The van der Waals surface area contributed by atoms with E-state index in [-0.39, 0.29) is 11.8 Å². The molecule has 7 nitrogen and oxygen atoms in total. The van der Waals surface area contributed by atoms with Gasteiger partial charge in [0.05, 0.1) is 24.3 Å². The van der Waals surface area contributed by atoms with Gasteiger partial charge in [0, 0.05) is 24.6 Å². The SMILES string of the molecule is COc1ccccc1-c1nc([C@H]2CCCN(C(=O)c3cccc(C#N)c3)C2)no1. The van der Waals surface area contributed by atoms with Gasteiger partial charge in [0.25, 0.3) is 11.8 Å². The highest BCUT2D eigenvalue weighted by atomic mass is 16.5. The summed E-state index contributed by atoms with van der Waals surface area (Å²) >= 11 is 0. The van der Waals surface area contributed by atoms with Crippen molar-refractivity contribution in [3.8, 4) is 23.3 Å². The van der Waals surface area contributed by atoms with Gasteiger partial charge in [0.1, 0.15) is 5.75 Å². The van der Waals surface area contributed by atoms with E-state index in [2.05, 4.69) is 16.2 Å². The predicted octanol–water partition coefficient (Wildman–Crippen LogP) is 3.64. The summed E-state index contributed by atoms with van der Waals surface area (Å²) in [6.07, 6.45) is 1.74. The molecule has 0 unspecified atom stereocenters. The summed E-state index contributed by atoms with van der Waals surface area (Å²) in [7, 11) is 1.60. The topological polar surface area (TPSA) is 92.2 Å². The third-order valence-corrected chi connectivity index (χ3v) is 5.09. The maximum absolute atomic E-state index is 12.9. The fourth-order valence-corrected chi connectivity index (χ4v) is 3.61. The maximum Gasteiger partial charge on any atom is 0.261 e. The van der Waals surface area contributed by atoms with Crippen molar-refractivity contribution in [2.45, 2.75) is 18.8 Å². The lowest BCUT2D eigenvalue weighted by molar-refractivity contribution is 0.0703. The number of amides is 1. The van der Waals surface area contributed by atoms with Crippen LogP contribution in [0, 0.1) is 11.3 Å². The van der Waals surface area contributed by atoms with E-state index in [0.717, 1.165) is 18.4 Å². The molecule has 0 saturated carbocycles. The van der Waals surface area contributed by atoms with Crippen molar-refractivity contribution < 1.29 is 14.1 Å². The number of ether oxygens (including phenoxy) is 1. The predicted molar refractivity (Wildman–Crippen MR) is 105 cm³/mol. The Labute approximate surface area is 168 Å². The van der Waals surface area contributed by atoms with Crippen molar-refractivity contribution in [1.29, 1.82) is 5.26 Å². The monoisotopic (exact) mass is 388 g/mol. The molecule has 146 valence electrons. The molecule has 29 heavy (non-hydrogen) atoms. The minimum atomic E-state index is -0.0831. The van der Waals surface area contributed by atoms with Crippen molar-refractivity contribution in [3.63, 3.8) is 0 Å². The van der Waals surface area contributed by atoms with E-state index in [1.54, 1.807) is 36.3 Å². The number of piperidine rings is 1. The summed E-state index contributed by atoms with van der Waals surface area (Å²) in [5.74, 6) is 1.58. The number of rotatable bonds is 4. The van der Waals surface area contributed by atoms with Gasteiger partial charge in [0.2, 0.25) is 0 Å². The number of carbonyl (C=O) groups is 1. The van der Waals surface area contributed by atoms with Gasteiger partial charge in [-0.3, -0.25) is 4.79 Å². The fourth-order valence-electron chi connectivity index (χ4n) is 3.61. The number of para-hydroxylation sites is 1. The Hall–Kier alpha value is -3.66. The second-order valence-electron chi connectivity index (χ2n) is 6.94. The highest BCUT2D eigenvalue weighted by Gasteiger charge is 2.29. The van der Waals surface area contributed by atoms with Crippen molar-refractivity contribution in [2.75, 3.05) is 20.2 Å². The average molecular weight is 388 g/mol. The molecular formula is C22H20N4O3. The molecule has 7 heteroatoms. The lowest BCUT2D eigenvalue weighted by Crippen LogP contribution is -2.39. The molecule has 0 bridgehead atoms. The van der Waals surface area contributed by atoms with E-state index >= 15 is 0 Å². The number of nitrogens with zero attached hydrogens (tertiary/aromatic N) is 4. The van der Waals surface area contributed by atoms with Gasteiger partial charge in [-0.15, -0.1) is 0 Å². The van der Waals surface area contributed by atoms with E-state index in [0.29, 0.717) is 41.7 Å². The van der Waals surface area contributed by atoms with Gasteiger partial charge in [-0.2, -0.15) is 10.2 Å². The number of benzene rings is 2. The molecule has 4 rings (SSSR count). The molecule has 0 spiro atoms. The van der Waals surface area contributed by atoms with Crippen molar-refractivity contribution in [1.82, 2.24) is 15.0 Å². The minimum Gasteiger partial charge on any atom is -0.496 e. The number of carbonyl (C=O) groups excluding carboxylic acids is 1. The molecule has 0 aliphatic carbocycles.